The number of nitrogen functional groups attached to an aromatic ring is 1. The number of nitrogens with two attached hydrogens (primary N) is 1. The molecule has 0 saturated heterocycles. The molecule has 0 unspecified atom stereocenters. The van der Waals surface area contributed by atoms with Crippen LogP contribution in [0.5, 0.6) is 0 Å². The van der Waals surface area contributed by atoms with Crippen LogP contribution < -0.4 is 16.6 Å². The number of aryl methyl sites for hydroxylation is 1. The Morgan fingerprint density at radius 3 is 2.79 bits per heavy atom. The molecule has 1 aromatic heterocycles. The average Bonchev–Trinajstić information content (AvgIpc) is 2.37. The number of hydrogen-bond donors (Lipinski definition) is 3. The maximum absolute atomic E-state index is 12.0. The molecule has 0 bridgehead atoms. The van der Waals surface area contributed by atoms with E-state index in [9.17, 15) is 4.79 Å². The summed E-state index contributed by atoms with van der Waals surface area (Å²) in [7, 11) is 4.07. The van der Waals surface area contributed by atoms with Crippen LogP contribution in [0.3, 0.4) is 0 Å². The van der Waals surface area contributed by atoms with Crippen LogP contribution in [-0.2, 0) is 0 Å². The van der Waals surface area contributed by atoms with E-state index in [2.05, 4.69) is 20.6 Å². The van der Waals surface area contributed by atoms with Crippen molar-refractivity contribution in [1.29, 1.82) is 0 Å². The van der Waals surface area contributed by atoms with Gasteiger partial charge in [-0.2, -0.15) is 0 Å². The number of carbonyl (C=O) groups is 1. The number of nitrogens with one attached hydrogen (secondary N) is 2. The molecule has 0 fully saturated rings. The number of amides is 1. The van der Waals surface area contributed by atoms with Gasteiger partial charge in [0.25, 0.3) is 5.91 Å². The molecule has 1 heterocycles. The largest absolute Gasteiger partial charge is 0.352 e. The van der Waals surface area contributed by atoms with E-state index in [0.29, 0.717) is 17.8 Å². The van der Waals surface area contributed by atoms with Crippen molar-refractivity contribution in [1.82, 2.24) is 15.2 Å². The van der Waals surface area contributed by atoms with Crippen molar-refractivity contribution in [3.8, 4) is 0 Å². The summed E-state index contributed by atoms with van der Waals surface area (Å²) >= 11 is 0. The highest BCUT2D eigenvalue weighted by Crippen LogP contribution is 2.13. The van der Waals surface area contributed by atoms with Crippen molar-refractivity contribution in [2.45, 2.75) is 19.8 Å². The van der Waals surface area contributed by atoms with E-state index < -0.39 is 0 Å². The number of carbonyl (C=O) groups excluding carboxylic acids is 1. The van der Waals surface area contributed by atoms with E-state index in [1.165, 1.54) is 0 Å². The second kappa shape index (κ2) is 7.70. The SMILES string of the molecule is Cc1cc(NN)c(C(=O)NCCCCN(C)C)cn1. The highest BCUT2D eigenvalue weighted by Gasteiger charge is 2.11. The zero-order chi connectivity index (χ0) is 14.3. The molecule has 0 aliphatic carbocycles. The van der Waals surface area contributed by atoms with E-state index in [0.717, 1.165) is 25.1 Å². The van der Waals surface area contributed by atoms with E-state index in [1.807, 2.05) is 21.0 Å². The van der Waals surface area contributed by atoms with E-state index in [4.69, 9.17) is 5.84 Å². The van der Waals surface area contributed by atoms with Gasteiger partial charge in [-0.25, -0.2) is 0 Å². The number of unbranched alkanes of at least 4 members (excludes halogenated alkanes) is 1. The topological polar surface area (TPSA) is 83.3 Å². The molecule has 0 radical (unpaired) electrons. The Kier molecular flexibility index (Phi) is 6.24. The van der Waals surface area contributed by atoms with Crippen LogP contribution in [0.4, 0.5) is 5.69 Å². The second-order valence-corrected chi connectivity index (χ2v) is 4.78. The van der Waals surface area contributed by atoms with Gasteiger partial charge in [-0.1, -0.05) is 0 Å². The summed E-state index contributed by atoms with van der Waals surface area (Å²) in [6.45, 7) is 3.53. The van der Waals surface area contributed by atoms with Gasteiger partial charge in [-0.15, -0.1) is 0 Å². The van der Waals surface area contributed by atoms with Crippen LogP contribution in [0, 0.1) is 6.92 Å². The standard InChI is InChI=1S/C13H23N5O/c1-10-8-12(17-14)11(9-16-10)13(19)15-6-4-5-7-18(2)3/h8-9H,4-7,14H2,1-3H3,(H,15,19)(H,16,17). The number of hydrogen-bond acceptors (Lipinski definition) is 5. The summed E-state index contributed by atoms with van der Waals surface area (Å²) in [4.78, 5) is 18.2. The van der Waals surface area contributed by atoms with Gasteiger partial charge >= 0.3 is 0 Å². The molecule has 1 amide bonds. The summed E-state index contributed by atoms with van der Waals surface area (Å²) in [5.74, 6) is 5.26. The van der Waals surface area contributed by atoms with Gasteiger partial charge in [0, 0.05) is 18.4 Å². The Balaban J connectivity index is 2.45. The minimum absolute atomic E-state index is 0.148. The summed E-state index contributed by atoms with van der Waals surface area (Å²) in [6, 6.07) is 1.75. The minimum Gasteiger partial charge on any atom is -0.352 e. The maximum atomic E-state index is 12.0. The lowest BCUT2D eigenvalue weighted by molar-refractivity contribution is 0.0953. The lowest BCUT2D eigenvalue weighted by Gasteiger charge is -2.11. The Hall–Kier alpha value is -1.66. The fourth-order valence-corrected chi connectivity index (χ4v) is 1.71. The Morgan fingerprint density at radius 2 is 2.16 bits per heavy atom. The average molecular weight is 265 g/mol. The lowest BCUT2D eigenvalue weighted by atomic mass is 10.2. The first-order chi connectivity index (χ1) is 9.04. The molecule has 0 aliphatic rings. The zero-order valence-corrected chi connectivity index (χ0v) is 11.9. The first-order valence-electron chi connectivity index (χ1n) is 6.40. The second-order valence-electron chi connectivity index (χ2n) is 4.78. The smallest absolute Gasteiger partial charge is 0.255 e. The van der Waals surface area contributed by atoms with Crippen LogP contribution in [0.25, 0.3) is 0 Å². The quantitative estimate of drug-likeness (QED) is 0.385. The maximum Gasteiger partial charge on any atom is 0.255 e. The molecular formula is C13H23N5O. The molecule has 0 atom stereocenters. The normalized spacial score (nSPS) is 10.6. The molecule has 1 rings (SSSR count). The highest BCUT2D eigenvalue weighted by molar-refractivity contribution is 5.99. The monoisotopic (exact) mass is 265 g/mol. The van der Waals surface area contributed by atoms with Crippen molar-refractivity contribution < 1.29 is 4.79 Å². The van der Waals surface area contributed by atoms with Crippen molar-refractivity contribution >= 4 is 11.6 Å². The van der Waals surface area contributed by atoms with Crippen molar-refractivity contribution in [3.05, 3.63) is 23.5 Å². The minimum atomic E-state index is -0.148. The first kappa shape index (κ1) is 15.4. The molecule has 0 spiro atoms. The van der Waals surface area contributed by atoms with Crippen LogP contribution in [0.15, 0.2) is 12.3 Å². The number of hydrazine groups is 1. The summed E-state index contributed by atoms with van der Waals surface area (Å²) < 4.78 is 0. The van der Waals surface area contributed by atoms with Gasteiger partial charge in [0.15, 0.2) is 0 Å². The number of rotatable bonds is 7. The number of aromatic nitrogens is 1. The Morgan fingerprint density at radius 1 is 1.42 bits per heavy atom. The molecule has 106 valence electrons. The third kappa shape index (κ3) is 5.23. The molecule has 6 heteroatoms. The Labute approximate surface area is 114 Å². The summed E-state index contributed by atoms with van der Waals surface area (Å²) in [5.41, 5.74) is 4.41. The van der Waals surface area contributed by atoms with E-state index >= 15 is 0 Å². The number of pyridine rings is 1. The van der Waals surface area contributed by atoms with Gasteiger partial charge < -0.3 is 15.6 Å². The highest BCUT2D eigenvalue weighted by atomic mass is 16.1. The van der Waals surface area contributed by atoms with Crippen LogP contribution >= 0.6 is 0 Å². The number of anilines is 1. The van der Waals surface area contributed by atoms with E-state index in [-0.39, 0.29) is 5.91 Å². The van der Waals surface area contributed by atoms with Crippen LogP contribution in [-0.4, -0.2) is 43.0 Å². The van der Waals surface area contributed by atoms with Crippen LogP contribution in [0.1, 0.15) is 28.9 Å². The van der Waals surface area contributed by atoms with Gasteiger partial charge in [-0.3, -0.25) is 15.6 Å². The van der Waals surface area contributed by atoms with Crippen molar-refractivity contribution in [3.63, 3.8) is 0 Å². The fourth-order valence-electron chi connectivity index (χ4n) is 1.71. The molecular weight excluding hydrogens is 242 g/mol. The third-order valence-electron chi connectivity index (χ3n) is 2.76. The predicted molar refractivity (Wildman–Crippen MR) is 76.9 cm³/mol. The van der Waals surface area contributed by atoms with Crippen molar-refractivity contribution in [2.24, 2.45) is 5.84 Å². The zero-order valence-electron chi connectivity index (χ0n) is 11.9. The van der Waals surface area contributed by atoms with Gasteiger partial charge in [0.05, 0.1) is 11.3 Å². The lowest BCUT2D eigenvalue weighted by Crippen LogP contribution is -2.27. The molecule has 0 saturated carbocycles. The predicted octanol–water partition coefficient (Wildman–Crippen LogP) is 0.747. The molecule has 0 aromatic carbocycles. The molecule has 4 N–H and O–H groups in total. The van der Waals surface area contributed by atoms with Crippen LogP contribution in [0.2, 0.25) is 0 Å². The Bertz CT molecular complexity index is 419. The first-order valence-corrected chi connectivity index (χ1v) is 6.40. The molecule has 6 nitrogen and oxygen atoms in total. The summed E-state index contributed by atoms with van der Waals surface area (Å²) in [5, 5.41) is 2.87. The molecule has 19 heavy (non-hydrogen) atoms. The third-order valence-corrected chi connectivity index (χ3v) is 2.76. The number of nitrogens with zero attached hydrogens (tertiary/aromatic N) is 2. The van der Waals surface area contributed by atoms with E-state index in [1.54, 1.807) is 12.3 Å². The van der Waals surface area contributed by atoms with Gasteiger partial charge in [0.1, 0.15) is 0 Å². The molecule has 1 aromatic rings. The fraction of sp³-hybridized carbons (Fsp3) is 0.538. The summed E-state index contributed by atoms with van der Waals surface area (Å²) in [6.07, 6.45) is 3.55. The molecule has 0 aliphatic heterocycles. The van der Waals surface area contributed by atoms with Gasteiger partial charge in [0.2, 0.25) is 0 Å². The van der Waals surface area contributed by atoms with Crippen molar-refractivity contribution in [2.75, 3.05) is 32.6 Å². The van der Waals surface area contributed by atoms with Gasteiger partial charge in [-0.05, 0) is 46.5 Å².